The second kappa shape index (κ2) is 12.8. The summed E-state index contributed by atoms with van der Waals surface area (Å²) in [6.45, 7) is 5.96. The van der Waals surface area contributed by atoms with Gasteiger partial charge in [-0.05, 0) is 86.4 Å². The van der Waals surface area contributed by atoms with Crippen LogP contribution < -0.4 is 0 Å². The molecule has 0 aliphatic heterocycles. The Bertz CT molecular complexity index is 808. The van der Waals surface area contributed by atoms with Gasteiger partial charge in [-0.1, -0.05) is 70.1 Å². The number of alkyl halides is 3. The highest BCUT2D eigenvalue weighted by atomic mass is 19.4. The van der Waals surface area contributed by atoms with Crippen LogP contribution >= 0.6 is 0 Å². The molecule has 3 unspecified atom stereocenters. The summed E-state index contributed by atoms with van der Waals surface area (Å²) in [6.07, 6.45) is 13.9. The van der Waals surface area contributed by atoms with Crippen LogP contribution in [0, 0.1) is 17.8 Å². The molecule has 1 aromatic rings. The molecule has 2 nitrogen and oxygen atoms in total. The van der Waals surface area contributed by atoms with Gasteiger partial charge < -0.3 is 5.11 Å². The Kier molecular flexibility index (Phi) is 9.83. The normalized spacial score (nSPS) is 26.8. The summed E-state index contributed by atoms with van der Waals surface area (Å²) in [4.78, 5) is 2.76. The molecule has 4 rings (SSSR count). The first kappa shape index (κ1) is 27.5. The average molecular weight is 506 g/mol. The second-order valence-electron chi connectivity index (χ2n) is 12.0. The van der Waals surface area contributed by atoms with Crippen molar-refractivity contribution in [1.29, 1.82) is 0 Å². The maximum Gasteiger partial charge on any atom is 0.416 e. The fourth-order valence-electron chi connectivity index (χ4n) is 7.39. The number of halogens is 3. The number of hydrogen-bond donors (Lipinski definition) is 1. The van der Waals surface area contributed by atoms with E-state index in [-0.39, 0.29) is 11.7 Å². The minimum atomic E-state index is -4.31. The Morgan fingerprint density at radius 3 is 2.03 bits per heavy atom. The summed E-state index contributed by atoms with van der Waals surface area (Å²) in [5, 5.41) is 9.88. The number of aliphatic hydroxyl groups is 1. The maximum atomic E-state index is 13.3. The third-order valence-electron chi connectivity index (χ3n) is 9.35. The summed E-state index contributed by atoms with van der Waals surface area (Å²) in [5.41, 5.74) is 0.447. The SMILES string of the molecule is C=C(O)CC1CCC(N(CCC2CCCCC2)CC2CCCCC2)C(c2ccc(C(F)(F)F)cc2)C1. The van der Waals surface area contributed by atoms with Crippen molar-refractivity contribution in [2.75, 3.05) is 13.1 Å². The third kappa shape index (κ3) is 7.76. The molecular formula is C31H46F3NO. The van der Waals surface area contributed by atoms with E-state index in [4.69, 9.17) is 0 Å². The molecule has 0 heterocycles. The third-order valence-corrected chi connectivity index (χ3v) is 9.35. The molecule has 0 aromatic heterocycles. The Morgan fingerprint density at radius 1 is 0.833 bits per heavy atom. The topological polar surface area (TPSA) is 23.5 Å². The van der Waals surface area contributed by atoms with Gasteiger partial charge in [-0.15, -0.1) is 0 Å². The average Bonchev–Trinajstić information content (AvgIpc) is 2.87. The molecule has 0 spiro atoms. The van der Waals surface area contributed by atoms with E-state index >= 15 is 0 Å². The summed E-state index contributed by atoms with van der Waals surface area (Å²) >= 11 is 0. The van der Waals surface area contributed by atoms with Crippen molar-refractivity contribution in [3.63, 3.8) is 0 Å². The number of nitrogens with zero attached hydrogens (tertiary/aromatic N) is 1. The molecule has 3 aliphatic rings. The lowest BCUT2D eigenvalue weighted by Gasteiger charge is -2.45. The van der Waals surface area contributed by atoms with Gasteiger partial charge in [-0.2, -0.15) is 13.2 Å². The van der Waals surface area contributed by atoms with Crippen LogP contribution in [0.4, 0.5) is 13.2 Å². The van der Waals surface area contributed by atoms with E-state index in [2.05, 4.69) is 11.5 Å². The monoisotopic (exact) mass is 505 g/mol. The Morgan fingerprint density at radius 2 is 1.44 bits per heavy atom. The van der Waals surface area contributed by atoms with Gasteiger partial charge in [0, 0.05) is 19.0 Å². The van der Waals surface area contributed by atoms with Crippen molar-refractivity contribution in [2.24, 2.45) is 17.8 Å². The van der Waals surface area contributed by atoms with Crippen LogP contribution in [-0.4, -0.2) is 29.1 Å². The summed E-state index contributed by atoms with van der Waals surface area (Å²) in [6, 6.07) is 6.31. The highest BCUT2D eigenvalue weighted by Crippen LogP contribution is 2.43. The quantitative estimate of drug-likeness (QED) is 0.338. The van der Waals surface area contributed by atoms with Crippen molar-refractivity contribution in [1.82, 2.24) is 4.90 Å². The minimum Gasteiger partial charge on any atom is -0.513 e. The van der Waals surface area contributed by atoms with Crippen LogP contribution in [0.25, 0.3) is 0 Å². The van der Waals surface area contributed by atoms with Crippen molar-refractivity contribution >= 4 is 0 Å². The zero-order valence-electron chi connectivity index (χ0n) is 22.0. The lowest BCUT2D eigenvalue weighted by Crippen LogP contribution is -2.46. The van der Waals surface area contributed by atoms with Crippen molar-refractivity contribution < 1.29 is 18.3 Å². The fourth-order valence-corrected chi connectivity index (χ4v) is 7.39. The largest absolute Gasteiger partial charge is 0.513 e. The maximum absolute atomic E-state index is 13.3. The molecule has 202 valence electrons. The van der Waals surface area contributed by atoms with Gasteiger partial charge >= 0.3 is 6.18 Å². The van der Waals surface area contributed by atoms with Crippen LogP contribution in [0.2, 0.25) is 0 Å². The molecule has 0 radical (unpaired) electrons. The second-order valence-corrected chi connectivity index (χ2v) is 12.0. The van der Waals surface area contributed by atoms with Gasteiger partial charge in [0.1, 0.15) is 0 Å². The molecular weight excluding hydrogens is 459 g/mol. The summed E-state index contributed by atoms with van der Waals surface area (Å²) in [7, 11) is 0. The predicted octanol–water partition coefficient (Wildman–Crippen LogP) is 9.27. The molecule has 3 atom stereocenters. The van der Waals surface area contributed by atoms with Crippen molar-refractivity contribution in [2.45, 2.75) is 114 Å². The van der Waals surface area contributed by atoms with Gasteiger partial charge in [0.25, 0.3) is 0 Å². The van der Waals surface area contributed by atoms with Gasteiger partial charge in [0.2, 0.25) is 0 Å². The van der Waals surface area contributed by atoms with E-state index in [1.165, 1.54) is 82.8 Å². The van der Waals surface area contributed by atoms with Gasteiger partial charge in [-0.25, -0.2) is 0 Å². The van der Waals surface area contributed by atoms with Crippen LogP contribution in [0.1, 0.15) is 113 Å². The molecule has 3 saturated carbocycles. The van der Waals surface area contributed by atoms with Crippen LogP contribution in [-0.2, 0) is 6.18 Å². The number of benzene rings is 1. The molecule has 0 bridgehead atoms. The van der Waals surface area contributed by atoms with E-state index in [0.717, 1.165) is 49.8 Å². The van der Waals surface area contributed by atoms with Crippen molar-refractivity contribution in [3.8, 4) is 0 Å². The van der Waals surface area contributed by atoms with Gasteiger partial charge in [0.15, 0.2) is 0 Å². The number of rotatable bonds is 9. The Balaban J connectivity index is 1.55. The summed E-state index contributed by atoms with van der Waals surface area (Å²) in [5.74, 6) is 2.32. The zero-order chi connectivity index (χ0) is 25.5. The molecule has 3 aliphatic carbocycles. The van der Waals surface area contributed by atoms with E-state index in [1.807, 2.05) is 0 Å². The van der Waals surface area contributed by atoms with Crippen LogP contribution in [0.3, 0.4) is 0 Å². The standard InChI is InChI=1S/C31H46F3NO/c1-23(36)20-26-12-17-30(29(21-26)27-13-15-28(16-14-27)31(32,33)34)35(22-25-10-6-3-7-11-25)19-18-24-8-4-2-5-9-24/h13-16,24-26,29-30,36H,1-12,17-22H2. The first-order valence-electron chi connectivity index (χ1n) is 14.6. The molecule has 0 amide bonds. The van der Waals surface area contributed by atoms with E-state index < -0.39 is 11.7 Å². The summed E-state index contributed by atoms with van der Waals surface area (Å²) < 4.78 is 39.8. The molecule has 5 heteroatoms. The molecule has 1 N–H and O–H groups in total. The van der Waals surface area contributed by atoms with E-state index in [9.17, 15) is 18.3 Å². The highest BCUT2D eigenvalue weighted by Gasteiger charge is 2.37. The lowest BCUT2D eigenvalue weighted by molar-refractivity contribution is -0.137. The van der Waals surface area contributed by atoms with Gasteiger partial charge in [-0.3, -0.25) is 4.90 Å². The number of allylic oxidation sites excluding steroid dienone is 1. The molecule has 1 aromatic carbocycles. The lowest BCUT2D eigenvalue weighted by atomic mass is 9.72. The minimum absolute atomic E-state index is 0.195. The van der Waals surface area contributed by atoms with E-state index in [0.29, 0.717) is 18.4 Å². The van der Waals surface area contributed by atoms with Crippen LogP contribution in [0.15, 0.2) is 36.6 Å². The molecule has 0 saturated heterocycles. The highest BCUT2D eigenvalue weighted by molar-refractivity contribution is 5.29. The predicted molar refractivity (Wildman–Crippen MR) is 141 cm³/mol. The first-order valence-corrected chi connectivity index (χ1v) is 14.6. The number of aliphatic hydroxyl groups excluding tert-OH is 1. The van der Waals surface area contributed by atoms with Crippen molar-refractivity contribution in [3.05, 3.63) is 47.7 Å². The van der Waals surface area contributed by atoms with Crippen LogP contribution in [0.5, 0.6) is 0 Å². The Labute approximate surface area is 216 Å². The first-order chi connectivity index (χ1) is 17.3. The van der Waals surface area contributed by atoms with E-state index in [1.54, 1.807) is 12.1 Å². The Hall–Kier alpha value is -1.49. The smallest absolute Gasteiger partial charge is 0.416 e. The van der Waals surface area contributed by atoms with Gasteiger partial charge in [0.05, 0.1) is 11.3 Å². The molecule has 3 fully saturated rings. The fraction of sp³-hybridized carbons (Fsp3) is 0.742. The molecule has 36 heavy (non-hydrogen) atoms. The number of hydrogen-bond acceptors (Lipinski definition) is 2. The zero-order valence-corrected chi connectivity index (χ0v) is 22.0.